The van der Waals surface area contributed by atoms with Crippen LogP contribution in [0.15, 0.2) is 0 Å². The molecular weight excluding hydrogens is 176 g/mol. The van der Waals surface area contributed by atoms with Gasteiger partial charge in [0.2, 0.25) is 0 Å². The number of rotatable bonds is 2. The van der Waals surface area contributed by atoms with Crippen LogP contribution in [0, 0.1) is 0 Å². The predicted octanol–water partition coefficient (Wildman–Crippen LogP) is 1.39. The van der Waals surface area contributed by atoms with E-state index in [0.29, 0.717) is 0 Å². The first kappa shape index (κ1) is 8.88. The second kappa shape index (κ2) is 4.73. The highest BCUT2D eigenvalue weighted by molar-refractivity contribution is 8.56. The summed E-state index contributed by atoms with van der Waals surface area (Å²) in [5, 5.41) is 0. The lowest BCUT2D eigenvalue weighted by atomic mass is 10.4. The van der Waals surface area contributed by atoms with Crippen molar-refractivity contribution in [1.82, 2.24) is 0 Å². The Morgan fingerprint density at radius 2 is 2.00 bits per heavy atom. The molecule has 0 aliphatic carbocycles. The molecule has 0 radical (unpaired) electrons. The summed E-state index contributed by atoms with van der Waals surface area (Å²) in [5.74, 6) is 0. The summed E-state index contributed by atoms with van der Waals surface area (Å²) in [7, 11) is -0.769. The van der Waals surface area contributed by atoms with Crippen LogP contribution in [-0.2, 0) is 30.4 Å². The molecule has 0 amide bonds. The van der Waals surface area contributed by atoms with Gasteiger partial charge in [0.05, 0.1) is 4.20 Å². The van der Waals surface area contributed by atoms with Gasteiger partial charge in [-0.1, -0.05) is 33.6 Å². The zero-order chi connectivity index (χ0) is 6.57. The third-order valence-electron chi connectivity index (χ3n) is 0.668. The summed E-state index contributed by atoms with van der Waals surface area (Å²) in [6, 6.07) is 0. The minimum Gasteiger partial charge on any atom is -0.0770 e. The number of hydrogen-bond donors (Lipinski definition) is 1. The summed E-state index contributed by atoms with van der Waals surface area (Å²) in [6.45, 7) is 2.08. The lowest BCUT2D eigenvalue weighted by molar-refractivity contribution is 1.01. The van der Waals surface area contributed by atoms with Crippen LogP contribution in [0.4, 0.5) is 0 Å². The van der Waals surface area contributed by atoms with Crippen molar-refractivity contribution in [2.24, 2.45) is 0 Å². The molecule has 0 saturated heterocycles. The molecular formula is C4H8S4. The Balaban J connectivity index is 3.67. The van der Waals surface area contributed by atoms with Crippen LogP contribution in [0.25, 0.3) is 0 Å². The summed E-state index contributed by atoms with van der Waals surface area (Å²) in [4.78, 5) is 0. The van der Waals surface area contributed by atoms with Gasteiger partial charge in [-0.25, -0.2) is 0 Å². The molecule has 4 heteroatoms. The van der Waals surface area contributed by atoms with Gasteiger partial charge >= 0.3 is 0 Å². The molecule has 0 heterocycles. The Morgan fingerprint density at radius 1 is 1.50 bits per heavy atom. The molecule has 0 nitrogen and oxygen atoms in total. The molecule has 0 unspecified atom stereocenters. The molecule has 0 aromatic carbocycles. The summed E-state index contributed by atoms with van der Waals surface area (Å²) < 4.78 is 0.910. The Labute approximate surface area is 66.5 Å². The second-order valence-corrected chi connectivity index (χ2v) is 6.13. The van der Waals surface area contributed by atoms with Crippen molar-refractivity contribution in [3.05, 3.63) is 0 Å². The normalized spacial score (nSPS) is 9.75. The quantitative estimate of drug-likeness (QED) is 0.509. The molecule has 0 bridgehead atoms. The van der Waals surface area contributed by atoms with Crippen molar-refractivity contribution in [2.75, 3.05) is 0 Å². The van der Waals surface area contributed by atoms with E-state index < -0.39 is 8.01 Å². The van der Waals surface area contributed by atoms with Gasteiger partial charge in [0, 0.05) is 0 Å². The van der Waals surface area contributed by atoms with Gasteiger partial charge in [0.1, 0.15) is 0 Å². The standard InChI is InChI=1S/C4H8S4/c1-2-3-4(5)8(6)7/h8H,2-3H2,1H3. The van der Waals surface area contributed by atoms with E-state index in [9.17, 15) is 0 Å². The van der Waals surface area contributed by atoms with Crippen molar-refractivity contribution in [3.8, 4) is 0 Å². The minimum absolute atomic E-state index is 0.769. The Bertz CT molecular complexity index is 136. The maximum absolute atomic E-state index is 4.90. The third-order valence-corrected chi connectivity index (χ3v) is 4.07. The first-order valence-electron chi connectivity index (χ1n) is 2.35. The molecule has 0 aliphatic heterocycles. The van der Waals surface area contributed by atoms with E-state index in [-0.39, 0.29) is 0 Å². The first-order chi connectivity index (χ1) is 3.68. The van der Waals surface area contributed by atoms with Gasteiger partial charge in [0.25, 0.3) is 0 Å². The fourth-order valence-electron chi connectivity index (χ4n) is 0.305. The van der Waals surface area contributed by atoms with Crippen LogP contribution >= 0.6 is 12.2 Å². The zero-order valence-corrected chi connectivity index (χ0v) is 7.93. The average molecular weight is 184 g/mol. The van der Waals surface area contributed by atoms with Gasteiger partial charge in [-0.05, 0) is 28.8 Å². The first-order valence-corrected chi connectivity index (χ1v) is 6.13. The molecule has 48 valence electrons. The van der Waals surface area contributed by atoms with E-state index in [1.54, 1.807) is 0 Å². The lowest BCUT2D eigenvalue weighted by Crippen LogP contribution is -1.91. The zero-order valence-electron chi connectivity index (χ0n) is 4.59. The summed E-state index contributed by atoms with van der Waals surface area (Å²) >= 11 is 14.5. The van der Waals surface area contributed by atoms with Crippen molar-refractivity contribution in [1.29, 1.82) is 0 Å². The topological polar surface area (TPSA) is 0 Å². The molecule has 0 fully saturated rings. The summed E-state index contributed by atoms with van der Waals surface area (Å²) in [6.07, 6.45) is 2.01. The molecule has 0 aromatic rings. The lowest BCUT2D eigenvalue weighted by Gasteiger charge is -1.89. The molecule has 0 N–H and O–H groups in total. The van der Waals surface area contributed by atoms with E-state index in [0.717, 1.165) is 17.0 Å². The van der Waals surface area contributed by atoms with Gasteiger partial charge in [0.15, 0.2) is 0 Å². The van der Waals surface area contributed by atoms with Gasteiger partial charge in [-0.15, -0.1) is 0 Å². The molecule has 0 rings (SSSR count). The van der Waals surface area contributed by atoms with Gasteiger partial charge in [-0.3, -0.25) is 0 Å². The van der Waals surface area contributed by atoms with Crippen molar-refractivity contribution in [2.45, 2.75) is 19.8 Å². The number of hydrogen-bond acceptors (Lipinski definition) is 3. The van der Waals surface area contributed by atoms with E-state index in [2.05, 4.69) is 6.92 Å². The van der Waals surface area contributed by atoms with Gasteiger partial charge in [-0.2, -0.15) is 0 Å². The molecule has 8 heavy (non-hydrogen) atoms. The highest BCUT2D eigenvalue weighted by Gasteiger charge is 1.87. The van der Waals surface area contributed by atoms with Crippen molar-refractivity contribution < 1.29 is 0 Å². The third kappa shape index (κ3) is 3.83. The van der Waals surface area contributed by atoms with Crippen LogP contribution in [0.2, 0.25) is 0 Å². The minimum atomic E-state index is -0.769. The Morgan fingerprint density at radius 3 is 2.12 bits per heavy atom. The maximum atomic E-state index is 4.90. The highest BCUT2D eigenvalue weighted by atomic mass is 33.1. The molecule has 0 atom stereocenters. The van der Waals surface area contributed by atoms with Crippen LogP contribution in [-0.4, -0.2) is 4.20 Å². The molecule has 0 aliphatic rings. The van der Waals surface area contributed by atoms with Gasteiger partial charge < -0.3 is 0 Å². The highest BCUT2D eigenvalue weighted by Crippen LogP contribution is 1.91. The van der Waals surface area contributed by atoms with Crippen LogP contribution in [0.3, 0.4) is 0 Å². The van der Waals surface area contributed by atoms with Crippen LogP contribution < -0.4 is 0 Å². The Kier molecular flexibility index (Phi) is 5.25. The fourth-order valence-corrected chi connectivity index (χ4v) is 1.46. The van der Waals surface area contributed by atoms with Crippen LogP contribution in [0.5, 0.6) is 0 Å². The predicted molar refractivity (Wildman–Crippen MR) is 51.0 cm³/mol. The summed E-state index contributed by atoms with van der Waals surface area (Å²) in [5.41, 5.74) is 0. The average Bonchev–Trinajstić information content (AvgIpc) is 1.67. The van der Waals surface area contributed by atoms with E-state index in [1.807, 2.05) is 0 Å². The van der Waals surface area contributed by atoms with E-state index in [4.69, 9.17) is 34.6 Å². The largest absolute Gasteiger partial charge is 0.0770 e. The van der Waals surface area contributed by atoms with E-state index >= 15 is 0 Å². The fraction of sp³-hybridized carbons (Fsp3) is 0.750. The smallest absolute Gasteiger partial charge is 0.0535 e. The number of thiocarbonyl (C=S) groups is 1. The molecule has 0 spiro atoms. The SMILES string of the molecule is CCCC(=S)[SH](=S)=S. The molecule has 0 aromatic heterocycles. The molecule has 0 saturated carbocycles. The van der Waals surface area contributed by atoms with Crippen molar-refractivity contribution in [3.63, 3.8) is 0 Å². The Hall–Kier alpha value is 0.880. The van der Waals surface area contributed by atoms with Crippen molar-refractivity contribution >= 4 is 46.8 Å². The monoisotopic (exact) mass is 184 g/mol. The number of thiol groups is 1. The van der Waals surface area contributed by atoms with Crippen LogP contribution in [0.1, 0.15) is 19.8 Å². The maximum Gasteiger partial charge on any atom is 0.0535 e. The van der Waals surface area contributed by atoms with E-state index in [1.165, 1.54) is 0 Å². The second-order valence-electron chi connectivity index (χ2n) is 1.40.